The average Bonchev–Trinajstić information content (AvgIpc) is 3.33. The summed E-state index contributed by atoms with van der Waals surface area (Å²) in [4.78, 5) is 40.6. The largest absolute Gasteiger partial charge is 0.452 e. The number of hydrogen-bond donors (Lipinski definition) is 0. The fourth-order valence-electron chi connectivity index (χ4n) is 4.12. The van der Waals surface area contributed by atoms with Crippen LogP contribution in [0.25, 0.3) is 0 Å². The lowest BCUT2D eigenvalue weighted by Gasteiger charge is -2.28. The quantitative estimate of drug-likeness (QED) is 0.640. The Labute approximate surface area is 169 Å². The van der Waals surface area contributed by atoms with Crippen LogP contribution in [0.1, 0.15) is 42.5 Å². The second-order valence-corrected chi connectivity index (χ2v) is 10.1. The molecule has 0 aromatic heterocycles. The molecule has 0 spiro atoms. The smallest absolute Gasteiger partial charge is 0.340 e. The number of sulfone groups is 1. The molecule has 1 aromatic rings. The van der Waals surface area contributed by atoms with Crippen molar-refractivity contribution in [2.45, 2.75) is 44.2 Å². The first-order chi connectivity index (χ1) is 13.9. The number of ether oxygens (including phenoxy) is 1. The highest BCUT2D eigenvalue weighted by molar-refractivity contribution is 7.91. The molecule has 3 fully saturated rings. The van der Waals surface area contributed by atoms with Gasteiger partial charge in [-0.1, -0.05) is 12.1 Å². The predicted molar refractivity (Wildman–Crippen MR) is 105 cm³/mol. The van der Waals surface area contributed by atoms with Crippen LogP contribution in [0.2, 0.25) is 0 Å². The Hall–Kier alpha value is -2.42. The molecule has 2 saturated heterocycles. The van der Waals surface area contributed by atoms with Gasteiger partial charge < -0.3 is 14.5 Å². The summed E-state index contributed by atoms with van der Waals surface area (Å²) < 4.78 is 28.9. The van der Waals surface area contributed by atoms with Gasteiger partial charge in [-0.25, -0.2) is 13.2 Å². The lowest BCUT2D eigenvalue weighted by atomic mass is 10.1. The number of carbonyl (C=O) groups is 3. The molecule has 3 aliphatic rings. The molecule has 2 amide bonds. The fourth-order valence-corrected chi connectivity index (χ4v) is 5.83. The van der Waals surface area contributed by atoms with Crippen molar-refractivity contribution >= 4 is 33.3 Å². The predicted octanol–water partition coefficient (Wildman–Crippen LogP) is 1.15. The molecule has 1 aliphatic carbocycles. The van der Waals surface area contributed by atoms with Gasteiger partial charge in [-0.3, -0.25) is 9.59 Å². The summed E-state index contributed by atoms with van der Waals surface area (Å²) in [5, 5.41) is 0. The van der Waals surface area contributed by atoms with Crippen molar-refractivity contribution in [3.8, 4) is 0 Å². The summed E-state index contributed by atoms with van der Waals surface area (Å²) in [5.74, 6) is -1.00. The van der Waals surface area contributed by atoms with E-state index in [0.29, 0.717) is 25.1 Å². The maximum atomic E-state index is 12.7. The standard InChI is InChI=1S/C20H24N2O6S/c23-18-6-3-10-21(18)17-5-2-1-4-16(17)20(25)28-12-19(24)22(14-7-8-14)15-9-11-29(26,27)13-15/h1-2,4-5,14-15H,3,6-13H2/t15-/m1/s1. The van der Waals surface area contributed by atoms with E-state index in [0.717, 1.165) is 19.3 Å². The van der Waals surface area contributed by atoms with Crippen molar-refractivity contribution in [1.29, 1.82) is 0 Å². The van der Waals surface area contributed by atoms with Crippen molar-refractivity contribution in [3.05, 3.63) is 29.8 Å². The number of anilines is 1. The van der Waals surface area contributed by atoms with Crippen LogP contribution in [0.4, 0.5) is 5.69 Å². The minimum Gasteiger partial charge on any atom is -0.452 e. The maximum absolute atomic E-state index is 12.7. The molecule has 29 heavy (non-hydrogen) atoms. The Balaban J connectivity index is 1.43. The average molecular weight is 420 g/mol. The second kappa shape index (κ2) is 7.78. The lowest BCUT2D eigenvalue weighted by molar-refractivity contribution is -0.137. The van der Waals surface area contributed by atoms with Gasteiger partial charge in [0.2, 0.25) is 5.91 Å². The SMILES string of the molecule is O=C(OCC(=O)N(C1CC1)[C@@H]1CCS(=O)(=O)C1)c1ccccc1N1CCCC1=O. The van der Waals surface area contributed by atoms with Gasteiger partial charge in [0.05, 0.1) is 22.8 Å². The Bertz CT molecular complexity index is 940. The van der Waals surface area contributed by atoms with Crippen LogP contribution < -0.4 is 4.90 Å². The highest BCUT2D eigenvalue weighted by atomic mass is 32.2. The first-order valence-corrected chi connectivity index (χ1v) is 11.8. The van der Waals surface area contributed by atoms with Gasteiger partial charge in [0, 0.05) is 25.0 Å². The summed E-state index contributed by atoms with van der Waals surface area (Å²) in [7, 11) is -3.11. The van der Waals surface area contributed by atoms with Crippen molar-refractivity contribution in [3.63, 3.8) is 0 Å². The molecule has 0 unspecified atom stereocenters. The third kappa shape index (κ3) is 4.29. The van der Waals surface area contributed by atoms with Gasteiger partial charge in [0.25, 0.3) is 5.91 Å². The minimum absolute atomic E-state index is 0.0247. The molecule has 1 atom stereocenters. The summed E-state index contributed by atoms with van der Waals surface area (Å²) in [5.41, 5.74) is 0.741. The van der Waals surface area contributed by atoms with Crippen LogP contribution in [0.15, 0.2) is 24.3 Å². The van der Waals surface area contributed by atoms with Crippen molar-refractivity contribution in [1.82, 2.24) is 4.90 Å². The van der Waals surface area contributed by atoms with Crippen molar-refractivity contribution in [2.75, 3.05) is 29.6 Å². The Morgan fingerprint density at radius 2 is 1.90 bits per heavy atom. The monoisotopic (exact) mass is 420 g/mol. The van der Waals surface area contributed by atoms with Gasteiger partial charge in [-0.15, -0.1) is 0 Å². The van der Waals surface area contributed by atoms with Gasteiger partial charge in [0.15, 0.2) is 16.4 Å². The number of amides is 2. The van der Waals surface area contributed by atoms with E-state index in [9.17, 15) is 22.8 Å². The molecule has 8 nitrogen and oxygen atoms in total. The molecule has 0 N–H and O–H groups in total. The third-order valence-corrected chi connectivity index (χ3v) is 7.40. The van der Waals surface area contributed by atoms with Crippen LogP contribution in [0, 0.1) is 0 Å². The van der Waals surface area contributed by atoms with Gasteiger partial charge >= 0.3 is 5.97 Å². The number of hydrogen-bond acceptors (Lipinski definition) is 6. The first kappa shape index (κ1) is 19.9. The van der Waals surface area contributed by atoms with Crippen molar-refractivity contribution in [2.24, 2.45) is 0 Å². The number of nitrogens with zero attached hydrogens (tertiary/aromatic N) is 2. The number of para-hydroxylation sites is 1. The number of carbonyl (C=O) groups excluding carboxylic acids is 3. The molecule has 0 bridgehead atoms. The molecule has 2 aliphatic heterocycles. The number of esters is 1. The van der Waals surface area contributed by atoms with Crippen LogP contribution in [-0.2, 0) is 24.2 Å². The topological polar surface area (TPSA) is 101 Å². The zero-order valence-corrected chi connectivity index (χ0v) is 16.9. The van der Waals surface area contributed by atoms with E-state index < -0.39 is 22.4 Å². The molecule has 1 aromatic carbocycles. The molecular weight excluding hydrogens is 396 g/mol. The van der Waals surface area contributed by atoms with E-state index in [-0.39, 0.29) is 41.0 Å². The molecule has 1 saturated carbocycles. The highest BCUT2D eigenvalue weighted by Gasteiger charge is 2.42. The van der Waals surface area contributed by atoms with E-state index in [1.54, 1.807) is 34.1 Å². The summed E-state index contributed by atoms with van der Waals surface area (Å²) in [6.07, 6.45) is 3.30. The Morgan fingerprint density at radius 1 is 1.14 bits per heavy atom. The summed E-state index contributed by atoms with van der Waals surface area (Å²) in [6.45, 7) is 0.113. The fraction of sp³-hybridized carbons (Fsp3) is 0.550. The molecule has 4 rings (SSSR count). The Morgan fingerprint density at radius 3 is 2.52 bits per heavy atom. The van der Waals surface area contributed by atoms with Crippen LogP contribution in [0.3, 0.4) is 0 Å². The van der Waals surface area contributed by atoms with Crippen molar-refractivity contribution < 1.29 is 27.5 Å². The molecule has 0 radical (unpaired) electrons. The lowest BCUT2D eigenvalue weighted by Crippen LogP contribution is -2.44. The first-order valence-electron chi connectivity index (χ1n) is 9.94. The minimum atomic E-state index is -3.11. The Kier molecular flexibility index (Phi) is 5.33. The second-order valence-electron chi connectivity index (χ2n) is 7.83. The third-order valence-electron chi connectivity index (χ3n) is 5.64. The van der Waals surface area contributed by atoms with Gasteiger partial charge in [-0.05, 0) is 37.8 Å². The van der Waals surface area contributed by atoms with Crippen LogP contribution in [0.5, 0.6) is 0 Å². The molecule has 2 heterocycles. The van der Waals surface area contributed by atoms with Gasteiger partial charge in [0.1, 0.15) is 0 Å². The molecule has 9 heteroatoms. The number of rotatable bonds is 6. The zero-order valence-electron chi connectivity index (χ0n) is 16.1. The maximum Gasteiger partial charge on any atom is 0.340 e. The van der Waals surface area contributed by atoms with Gasteiger partial charge in [-0.2, -0.15) is 0 Å². The number of benzene rings is 1. The van der Waals surface area contributed by atoms with E-state index in [4.69, 9.17) is 4.74 Å². The van der Waals surface area contributed by atoms with E-state index in [1.807, 2.05) is 0 Å². The zero-order chi connectivity index (χ0) is 20.6. The normalized spacial score (nSPS) is 23.2. The molecular formula is C20H24N2O6S. The summed E-state index contributed by atoms with van der Waals surface area (Å²) in [6, 6.07) is 6.40. The highest BCUT2D eigenvalue weighted by Crippen LogP contribution is 2.32. The summed E-state index contributed by atoms with van der Waals surface area (Å²) >= 11 is 0. The molecule has 156 valence electrons. The van der Waals surface area contributed by atoms with E-state index in [1.165, 1.54) is 0 Å². The van der Waals surface area contributed by atoms with Crippen LogP contribution >= 0.6 is 0 Å². The van der Waals surface area contributed by atoms with E-state index >= 15 is 0 Å². The van der Waals surface area contributed by atoms with E-state index in [2.05, 4.69) is 0 Å². The van der Waals surface area contributed by atoms with Crippen LogP contribution in [-0.4, -0.2) is 67.8 Å².